The largest absolute Gasteiger partial charge is 0.481 e. The van der Waals surface area contributed by atoms with Crippen molar-refractivity contribution < 1.29 is 19.4 Å². The molecule has 104 valence electrons. The Kier molecular flexibility index (Phi) is 5.15. The maximum Gasteiger partial charge on any atom is 0.307 e. The predicted molar refractivity (Wildman–Crippen MR) is 74.5 cm³/mol. The van der Waals surface area contributed by atoms with Gasteiger partial charge in [0.15, 0.2) is 6.79 Å². The Balaban J connectivity index is 1.83. The molecular weight excluding hydrogens is 256 g/mol. The topological polar surface area (TPSA) is 55.8 Å². The van der Waals surface area contributed by atoms with E-state index in [9.17, 15) is 4.79 Å². The molecule has 4 nitrogen and oxygen atoms in total. The zero-order valence-electron chi connectivity index (χ0n) is 11.0. The van der Waals surface area contributed by atoms with Crippen molar-refractivity contribution >= 4 is 5.97 Å². The van der Waals surface area contributed by atoms with Gasteiger partial charge in [-0.2, -0.15) is 0 Å². The fourth-order valence-corrected chi connectivity index (χ4v) is 1.79. The first kappa shape index (κ1) is 14.1. The number of carboxylic acids is 1. The molecule has 4 heteroatoms. The quantitative estimate of drug-likeness (QED) is 0.622. The molecule has 0 aliphatic carbocycles. The van der Waals surface area contributed by atoms with E-state index < -0.39 is 5.97 Å². The first-order valence-corrected chi connectivity index (χ1v) is 6.30. The minimum Gasteiger partial charge on any atom is -0.481 e. The zero-order chi connectivity index (χ0) is 14.2. The van der Waals surface area contributed by atoms with Crippen LogP contribution in [0.1, 0.15) is 11.1 Å². The van der Waals surface area contributed by atoms with Crippen LogP contribution in [0.15, 0.2) is 54.6 Å². The number of rotatable bonds is 7. The molecule has 0 heterocycles. The molecule has 0 atom stereocenters. The number of para-hydroxylation sites is 1. The van der Waals surface area contributed by atoms with Crippen LogP contribution < -0.4 is 4.74 Å². The van der Waals surface area contributed by atoms with Crippen LogP contribution in [-0.2, 0) is 22.6 Å². The van der Waals surface area contributed by atoms with Crippen molar-refractivity contribution in [1.82, 2.24) is 0 Å². The maximum absolute atomic E-state index is 10.7. The van der Waals surface area contributed by atoms with Crippen LogP contribution in [0.2, 0.25) is 0 Å². The van der Waals surface area contributed by atoms with E-state index in [0.29, 0.717) is 17.9 Å². The van der Waals surface area contributed by atoms with Gasteiger partial charge in [-0.15, -0.1) is 0 Å². The molecule has 2 aromatic carbocycles. The normalized spacial score (nSPS) is 10.2. The molecule has 0 amide bonds. The highest BCUT2D eigenvalue weighted by Gasteiger charge is 2.07. The number of aliphatic carboxylic acids is 1. The Bertz CT molecular complexity index is 551. The summed E-state index contributed by atoms with van der Waals surface area (Å²) >= 11 is 0. The molecule has 0 bridgehead atoms. The molecule has 0 saturated heterocycles. The molecule has 0 aliphatic rings. The first-order chi connectivity index (χ1) is 9.75. The lowest BCUT2D eigenvalue weighted by molar-refractivity contribution is -0.136. The van der Waals surface area contributed by atoms with E-state index in [1.165, 1.54) is 0 Å². The molecule has 0 spiro atoms. The van der Waals surface area contributed by atoms with E-state index in [1.54, 1.807) is 24.3 Å². The second-order valence-electron chi connectivity index (χ2n) is 4.27. The summed E-state index contributed by atoms with van der Waals surface area (Å²) in [5, 5.41) is 8.82. The zero-order valence-corrected chi connectivity index (χ0v) is 11.0. The van der Waals surface area contributed by atoms with Gasteiger partial charge in [-0.05, 0) is 11.6 Å². The maximum atomic E-state index is 10.7. The van der Waals surface area contributed by atoms with Crippen molar-refractivity contribution in [2.75, 3.05) is 6.79 Å². The summed E-state index contributed by atoms with van der Waals surface area (Å²) in [6.07, 6.45) is -0.0607. The second-order valence-corrected chi connectivity index (χ2v) is 4.27. The molecular formula is C16H16O4. The molecule has 0 radical (unpaired) electrons. The Morgan fingerprint density at radius 1 is 1.00 bits per heavy atom. The summed E-state index contributed by atoms with van der Waals surface area (Å²) in [5.41, 5.74) is 1.71. The molecule has 0 aliphatic heterocycles. The monoisotopic (exact) mass is 272 g/mol. The van der Waals surface area contributed by atoms with Gasteiger partial charge in [-0.3, -0.25) is 4.79 Å². The second kappa shape index (κ2) is 7.31. The van der Waals surface area contributed by atoms with Gasteiger partial charge in [-0.25, -0.2) is 0 Å². The highest BCUT2D eigenvalue weighted by atomic mass is 16.7. The summed E-state index contributed by atoms with van der Waals surface area (Å²) in [6, 6.07) is 16.8. The Hall–Kier alpha value is -2.33. The van der Waals surface area contributed by atoms with Crippen LogP contribution in [-0.4, -0.2) is 17.9 Å². The SMILES string of the molecule is O=C(O)Cc1ccccc1OCOCc1ccccc1. The Morgan fingerprint density at radius 3 is 2.45 bits per heavy atom. The Labute approximate surface area is 117 Å². The van der Waals surface area contributed by atoms with E-state index >= 15 is 0 Å². The van der Waals surface area contributed by atoms with Crippen LogP contribution in [0.25, 0.3) is 0 Å². The van der Waals surface area contributed by atoms with Gasteiger partial charge < -0.3 is 14.6 Å². The van der Waals surface area contributed by atoms with Crippen LogP contribution in [0.4, 0.5) is 0 Å². The van der Waals surface area contributed by atoms with Crippen molar-refractivity contribution in [3.8, 4) is 5.75 Å². The van der Waals surface area contributed by atoms with E-state index in [2.05, 4.69) is 0 Å². The van der Waals surface area contributed by atoms with Crippen molar-refractivity contribution in [1.29, 1.82) is 0 Å². The number of carbonyl (C=O) groups is 1. The highest BCUT2D eigenvalue weighted by molar-refractivity contribution is 5.71. The van der Waals surface area contributed by atoms with Crippen LogP contribution in [0.3, 0.4) is 0 Å². The van der Waals surface area contributed by atoms with E-state index in [0.717, 1.165) is 5.56 Å². The number of ether oxygens (including phenoxy) is 2. The van der Waals surface area contributed by atoms with Crippen LogP contribution in [0.5, 0.6) is 5.75 Å². The van der Waals surface area contributed by atoms with Crippen LogP contribution in [0, 0.1) is 0 Å². The van der Waals surface area contributed by atoms with Crippen LogP contribution >= 0.6 is 0 Å². The molecule has 0 fully saturated rings. The van der Waals surface area contributed by atoms with Crippen molar-refractivity contribution in [3.05, 3.63) is 65.7 Å². The minimum absolute atomic E-state index is 0.0607. The third kappa shape index (κ3) is 4.40. The summed E-state index contributed by atoms with van der Waals surface area (Å²) in [4.78, 5) is 10.7. The molecule has 0 aromatic heterocycles. The lowest BCUT2D eigenvalue weighted by atomic mass is 10.1. The van der Waals surface area contributed by atoms with Gasteiger partial charge in [0.2, 0.25) is 0 Å². The fraction of sp³-hybridized carbons (Fsp3) is 0.188. The predicted octanol–water partition coefficient (Wildman–Crippen LogP) is 2.87. The number of carboxylic acid groups (broad SMARTS) is 1. The average molecular weight is 272 g/mol. The molecule has 2 rings (SSSR count). The molecule has 0 saturated carbocycles. The molecule has 0 unspecified atom stereocenters. The fourth-order valence-electron chi connectivity index (χ4n) is 1.79. The minimum atomic E-state index is -0.883. The van der Waals surface area contributed by atoms with Gasteiger partial charge in [-0.1, -0.05) is 48.5 Å². The molecule has 2 aromatic rings. The summed E-state index contributed by atoms with van der Waals surface area (Å²) in [7, 11) is 0. The highest BCUT2D eigenvalue weighted by Crippen LogP contribution is 2.18. The van der Waals surface area contributed by atoms with E-state index in [-0.39, 0.29) is 13.2 Å². The summed E-state index contributed by atoms with van der Waals surface area (Å²) in [6.45, 7) is 0.549. The molecule has 20 heavy (non-hydrogen) atoms. The number of hydrogen-bond acceptors (Lipinski definition) is 3. The first-order valence-electron chi connectivity index (χ1n) is 6.30. The van der Waals surface area contributed by atoms with Gasteiger partial charge >= 0.3 is 5.97 Å². The number of benzene rings is 2. The smallest absolute Gasteiger partial charge is 0.307 e. The average Bonchev–Trinajstić information content (AvgIpc) is 2.46. The standard InChI is InChI=1S/C16H16O4/c17-16(18)10-14-8-4-5-9-15(14)20-12-19-11-13-6-2-1-3-7-13/h1-9H,10-12H2,(H,17,18). The lowest BCUT2D eigenvalue weighted by Gasteiger charge is -2.10. The summed E-state index contributed by atoms with van der Waals surface area (Å²) < 4.78 is 10.9. The van der Waals surface area contributed by atoms with Gasteiger partial charge in [0.05, 0.1) is 13.0 Å². The lowest BCUT2D eigenvalue weighted by Crippen LogP contribution is -2.07. The van der Waals surface area contributed by atoms with Gasteiger partial charge in [0.25, 0.3) is 0 Å². The van der Waals surface area contributed by atoms with Gasteiger partial charge in [0.1, 0.15) is 5.75 Å². The summed E-state index contributed by atoms with van der Waals surface area (Å²) in [5.74, 6) is -0.339. The number of hydrogen-bond donors (Lipinski definition) is 1. The van der Waals surface area contributed by atoms with Gasteiger partial charge in [0, 0.05) is 5.56 Å². The van der Waals surface area contributed by atoms with E-state index in [4.69, 9.17) is 14.6 Å². The van der Waals surface area contributed by atoms with Crippen molar-refractivity contribution in [3.63, 3.8) is 0 Å². The third-order valence-corrected chi connectivity index (χ3v) is 2.72. The molecule has 1 N–H and O–H groups in total. The van der Waals surface area contributed by atoms with Crippen molar-refractivity contribution in [2.24, 2.45) is 0 Å². The third-order valence-electron chi connectivity index (χ3n) is 2.72. The van der Waals surface area contributed by atoms with Crippen molar-refractivity contribution in [2.45, 2.75) is 13.0 Å². The Morgan fingerprint density at radius 2 is 1.70 bits per heavy atom. The van der Waals surface area contributed by atoms with E-state index in [1.807, 2.05) is 30.3 Å².